The molecule has 3 heteroatoms. The van der Waals surface area contributed by atoms with Crippen molar-refractivity contribution in [3.8, 4) is 0 Å². The van der Waals surface area contributed by atoms with Crippen LogP contribution in [0.25, 0.3) is 0 Å². The van der Waals surface area contributed by atoms with Crippen molar-refractivity contribution in [2.24, 2.45) is 5.41 Å². The van der Waals surface area contributed by atoms with Crippen LogP contribution in [0.3, 0.4) is 0 Å². The van der Waals surface area contributed by atoms with Gasteiger partial charge in [-0.3, -0.25) is 4.79 Å². The third-order valence-electron chi connectivity index (χ3n) is 3.91. The van der Waals surface area contributed by atoms with Crippen LogP contribution in [0.1, 0.15) is 45.4 Å². The number of esters is 1. The van der Waals surface area contributed by atoms with Gasteiger partial charge in [0, 0.05) is 6.92 Å². The number of carbonyl (C=O) groups is 1. The lowest BCUT2D eigenvalue weighted by Gasteiger charge is -2.43. The van der Waals surface area contributed by atoms with Gasteiger partial charge < -0.3 is 9.84 Å². The zero-order valence-electron chi connectivity index (χ0n) is 9.82. The maximum absolute atomic E-state index is 11.0. The van der Waals surface area contributed by atoms with Crippen molar-refractivity contribution in [1.82, 2.24) is 0 Å². The molecule has 1 spiro atoms. The number of allylic oxidation sites excluding steroid dienone is 2. The van der Waals surface area contributed by atoms with Gasteiger partial charge in [0.2, 0.25) is 0 Å². The maximum Gasteiger partial charge on any atom is 0.302 e. The van der Waals surface area contributed by atoms with E-state index in [-0.39, 0.29) is 17.5 Å². The lowest BCUT2D eigenvalue weighted by molar-refractivity contribution is -0.159. The summed E-state index contributed by atoms with van der Waals surface area (Å²) < 4.78 is 5.22. The Morgan fingerprint density at radius 1 is 1.44 bits per heavy atom. The number of rotatable bonds is 1. The van der Waals surface area contributed by atoms with Crippen LogP contribution < -0.4 is 0 Å². The molecule has 0 aromatic heterocycles. The van der Waals surface area contributed by atoms with Crippen molar-refractivity contribution in [2.45, 2.75) is 57.7 Å². The average molecular weight is 224 g/mol. The minimum absolute atomic E-state index is 0.272. The molecule has 0 unspecified atom stereocenters. The Morgan fingerprint density at radius 3 is 2.88 bits per heavy atom. The van der Waals surface area contributed by atoms with Crippen LogP contribution in [0.15, 0.2) is 12.2 Å². The van der Waals surface area contributed by atoms with E-state index in [9.17, 15) is 9.90 Å². The highest BCUT2D eigenvalue weighted by Gasteiger charge is 2.41. The van der Waals surface area contributed by atoms with E-state index < -0.39 is 6.10 Å². The number of aliphatic hydroxyl groups excluding tert-OH is 1. The van der Waals surface area contributed by atoms with Gasteiger partial charge in [-0.1, -0.05) is 12.2 Å². The molecule has 0 heterocycles. The molecule has 3 atom stereocenters. The van der Waals surface area contributed by atoms with Crippen LogP contribution in [-0.4, -0.2) is 23.3 Å². The van der Waals surface area contributed by atoms with Crippen molar-refractivity contribution >= 4 is 5.97 Å². The zero-order chi connectivity index (χ0) is 11.6. The number of ether oxygens (including phenoxy) is 1. The summed E-state index contributed by atoms with van der Waals surface area (Å²) in [4.78, 5) is 11.0. The molecule has 0 saturated heterocycles. The van der Waals surface area contributed by atoms with Crippen molar-refractivity contribution in [3.63, 3.8) is 0 Å². The van der Waals surface area contributed by atoms with Crippen LogP contribution in [0, 0.1) is 5.41 Å². The molecule has 0 bridgehead atoms. The minimum Gasteiger partial charge on any atom is -0.460 e. The largest absolute Gasteiger partial charge is 0.460 e. The third-order valence-corrected chi connectivity index (χ3v) is 3.91. The van der Waals surface area contributed by atoms with Crippen molar-refractivity contribution < 1.29 is 14.6 Å². The Bertz CT molecular complexity index is 298. The van der Waals surface area contributed by atoms with E-state index in [2.05, 4.69) is 12.2 Å². The number of carbonyl (C=O) groups excluding carboxylic acids is 1. The van der Waals surface area contributed by atoms with Gasteiger partial charge in [0.1, 0.15) is 6.10 Å². The highest BCUT2D eigenvalue weighted by Crippen LogP contribution is 2.46. The van der Waals surface area contributed by atoms with Gasteiger partial charge >= 0.3 is 5.97 Å². The monoisotopic (exact) mass is 224 g/mol. The summed E-state index contributed by atoms with van der Waals surface area (Å²) in [5.41, 5.74) is 0.272. The molecule has 1 N–H and O–H groups in total. The molecule has 0 aliphatic heterocycles. The first-order valence-electron chi connectivity index (χ1n) is 6.12. The Morgan fingerprint density at radius 2 is 2.25 bits per heavy atom. The second kappa shape index (κ2) is 4.58. The molecule has 2 rings (SSSR count). The third kappa shape index (κ3) is 2.46. The van der Waals surface area contributed by atoms with Gasteiger partial charge in [-0.2, -0.15) is 0 Å². The molecular formula is C13H20O3. The van der Waals surface area contributed by atoms with Crippen molar-refractivity contribution in [3.05, 3.63) is 12.2 Å². The van der Waals surface area contributed by atoms with E-state index >= 15 is 0 Å². The summed E-state index contributed by atoms with van der Waals surface area (Å²) in [5.74, 6) is -0.285. The molecule has 2 aliphatic carbocycles. The van der Waals surface area contributed by atoms with Gasteiger partial charge in [0.15, 0.2) is 0 Å². The van der Waals surface area contributed by atoms with E-state index in [0.717, 1.165) is 38.5 Å². The van der Waals surface area contributed by atoms with Gasteiger partial charge in [0.25, 0.3) is 0 Å². The van der Waals surface area contributed by atoms with E-state index in [1.54, 1.807) is 0 Å². The van der Waals surface area contributed by atoms with E-state index in [0.29, 0.717) is 0 Å². The molecule has 90 valence electrons. The Labute approximate surface area is 96.5 Å². The summed E-state index contributed by atoms with van der Waals surface area (Å²) in [6.07, 6.45) is 9.65. The first kappa shape index (κ1) is 11.6. The van der Waals surface area contributed by atoms with Crippen LogP contribution in [0.4, 0.5) is 0 Å². The minimum atomic E-state index is -0.472. The fourth-order valence-electron chi connectivity index (χ4n) is 2.99. The van der Waals surface area contributed by atoms with Crippen molar-refractivity contribution in [1.29, 1.82) is 0 Å². The van der Waals surface area contributed by atoms with Gasteiger partial charge in [-0.15, -0.1) is 0 Å². The molecule has 16 heavy (non-hydrogen) atoms. The van der Waals surface area contributed by atoms with E-state index in [4.69, 9.17) is 4.74 Å². The van der Waals surface area contributed by atoms with Crippen LogP contribution in [0.5, 0.6) is 0 Å². The standard InChI is InChI=1S/C13H20O3/c1-10(14)16-12-9-13(8-5-11(12)15)6-3-2-4-7-13/h2-3,11-12,15H,4-9H2,1H3/t11-,12+,13+/m0/s1. The Hall–Kier alpha value is -0.830. The van der Waals surface area contributed by atoms with E-state index in [1.165, 1.54) is 6.92 Å². The summed E-state index contributed by atoms with van der Waals surface area (Å²) in [5, 5.41) is 9.84. The molecule has 0 aromatic rings. The number of hydrogen-bond donors (Lipinski definition) is 1. The lowest BCUT2D eigenvalue weighted by atomic mass is 9.66. The first-order chi connectivity index (χ1) is 7.61. The number of aliphatic hydroxyl groups is 1. The van der Waals surface area contributed by atoms with Gasteiger partial charge in [0.05, 0.1) is 6.10 Å². The molecule has 0 aromatic carbocycles. The average Bonchev–Trinajstić information content (AvgIpc) is 2.24. The Balaban J connectivity index is 2.03. The predicted octanol–water partition coefficient (Wildman–Crippen LogP) is 2.19. The summed E-state index contributed by atoms with van der Waals surface area (Å²) in [7, 11) is 0. The SMILES string of the molecule is CC(=O)O[C@@H]1C[C@@]2(CC=CCC2)CC[C@@H]1O. The fourth-order valence-corrected chi connectivity index (χ4v) is 2.99. The topological polar surface area (TPSA) is 46.5 Å². The first-order valence-corrected chi connectivity index (χ1v) is 6.12. The molecule has 2 aliphatic rings. The van der Waals surface area contributed by atoms with Gasteiger partial charge in [-0.25, -0.2) is 0 Å². The molecule has 0 radical (unpaired) electrons. The smallest absolute Gasteiger partial charge is 0.302 e. The van der Waals surface area contributed by atoms with Crippen LogP contribution in [-0.2, 0) is 9.53 Å². The fraction of sp³-hybridized carbons (Fsp3) is 0.769. The molecule has 1 saturated carbocycles. The lowest BCUT2D eigenvalue weighted by Crippen LogP contribution is -2.42. The molecule has 1 fully saturated rings. The quantitative estimate of drug-likeness (QED) is 0.548. The van der Waals surface area contributed by atoms with Crippen molar-refractivity contribution in [2.75, 3.05) is 0 Å². The van der Waals surface area contributed by atoms with Crippen LogP contribution >= 0.6 is 0 Å². The highest BCUT2D eigenvalue weighted by atomic mass is 16.6. The maximum atomic E-state index is 11.0. The van der Waals surface area contributed by atoms with Crippen LogP contribution in [0.2, 0.25) is 0 Å². The summed E-state index contributed by atoms with van der Waals surface area (Å²) in [6.45, 7) is 1.41. The normalized spacial score (nSPS) is 38.6. The highest BCUT2D eigenvalue weighted by molar-refractivity contribution is 5.66. The second-order valence-electron chi connectivity index (χ2n) is 5.17. The van der Waals surface area contributed by atoms with Gasteiger partial charge in [-0.05, 0) is 43.9 Å². The molecule has 3 nitrogen and oxygen atoms in total. The summed E-state index contributed by atoms with van der Waals surface area (Å²) >= 11 is 0. The summed E-state index contributed by atoms with van der Waals surface area (Å²) in [6, 6.07) is 0. The molecule has 0 amide bonds. The predicted molar refractivity (Wildman–Crippen MR) is 60.8 cm³/mol. The number of hydrogen-bond acceptors (Lipinski definition) is 3. The zero-order valence-corrected chi connectivity index (χ0v) is 9.82. The second-order valence-corrected chi connectivity index (χ2v) is 5.17. The molecular weight excluding hydrogens is 204 g/mol. The van der Waals surface area contributed by atoms with E-state index in [1.807, 2.05) is 0 Å². The Kier molecular flexibility index (Phi) is 3.33.